The first-order chi connectivity index (χ1) is 10.8. The zero-order valence-corrected chi connectivity index (χ0v) is 13.0. The first-order valence-electron chi connectivity index (χ1n) is 7.97. The van der Waals surface area contributed by atoms with Gasteiger partial charge in [0.1, 0.15) is 11.9 Å². The molecule has 0 bridgehead atoms. The van der Waals surface area contributed by atoms with Crippen LogP contribution in [0.15, 0.2) is 36.9 Å². The first-order valence-corrected chi connectivity index (χ1v) is 7.97. The third kappa shape index (κ3) is 3.72. The average Bonchev–Trinajstić information content (AvgIpc) is 2.58. The highest BCUT2D eigenvalue weighted by Gasteiger charge is 2.22. The molecular formula is C17H22N4O. The van der Waals surface area contributed by atoms with Crippen LogP contribution in [-0.4, -0.2) is 34.1 Å². The summed E-state index contributed by atoms with van der Waals surface area (Å²) in [6.45, 7) is 4.03. The van der Waals surface area contributed by atoms with Gasteiger partial charge >= 0.3 is 0 Å². The zero-order valence-electron chi connectivity index (χ0n) is 13.0. The lowest BCUT2D eigenvalue weighted by Crippen LogP contribution is -2.39. The van der Waals surface area contributed by atoms with Crippen LogP contribution in [0, 0.1) is 0 Å². The van der Waals surface area contributed by atoms with Crippen molar-refractivity contribution in [3.63, 3.8) is 0 Å². The van der Waals surface area contributed by atoms with E-state index in [-0.39, 0.29) is 6.10 Å². The molecule has 1 aliphatic rings. The van der Waals surface area contributed by atoms with E-state index in [1.165, 1.54) is 5.56 Å². The zero-order chi connectivity index (χ0) is 15.2. The Bertz CT molecular complexity index is 565. The second kappa shape index (κ2) is 7.20. The number of aryl methyl sites for hydroxylation is 1. The predicted octanol–water partition coefficient (Wildman–Crippen LogP) is 2.87. The molecule has 0 atom stereocenters. The lowest BCUT2D eigenvalue weighted by atomic mass is 10.1. The third-order valence-corrected chi connectivity index (χ3v) is 3.91. The summed E-state index contributed by atoms with van der Waals surface area (Å²) < 4.78 is 5.98. The molecule has 1 aliphatic heterocycles. The van der Waals surface area contributed by atoms with E-state index in [1.807, 2.05) is 24.5 Å². The van der Waals surface area contributed by atoms with Gasteiger partial charge in [0.2, 0.25) is 5.95 Å². The van der Waals surface area contributed by atoms with Crippen molar-refractivity contribution in [3.05, 3.63) is 42.5 Å². The van der Waals surface area contributed by atoms with E-state index in [1.54, 1.807) is 12.4 Å². The SMILES string of the molecule is CCCc1cnc(N2CCC(Oc3ccncc3)CC2)nc1. The van der Waals surface area contributed by atoms with Crippen LogP contribution >= 0.6 is 0 Å². The van der Waals surface area contributed by atoms with Crippen molar-refractivity contribution < 1.29 is 4.74 Å². The Morgan fingerprint density at radius 2 is 1.82 bits per heavy atom. The summed E-state index contributed by atoms with van der Waals surface area (Å²) in [5.74, 6) is 1.73. The van der Waals surface area contributed by atoms with Gasteiger partial charge in [0, 0.05) is 50.7 Å². The van der Waals surface area contributed by atoms with Crippen molar-refractivity contribution in [2.45, 2.75) is 38.7 Å². The van der Waals surface area contributed by atoms with Gasteiger partial charge in [0.15, 0.2) is 0 Å². The molecular weight excluding hydrogens is 276 g/mol. The van der Waals surface area contributed by atoms with Crippen LogP contribution in [0.3, 0.4) is 0 Å². The quantitative estimate of drug-likeness (QED) is 0.849. The van der Waals surface area contributed by atoms with E-state index in [4.69, 9.17) is 4.74 Å². The summed E-state index contributed by atoms with van der Waals surface area (Å²) in [7, 11) is 0. The molecule has 0 radical (unpaired) electrons. The van der Waals surface area contributed by atoms with Crippen molar-refractivity contribution in [3.8, 4) is 5.75 Å². The molecule has 5 nitrogen and oxygen atoms in total. The summed E-state index contributed by atoms with van der Waals surface area (Å²) in [5.41, 5.74) is 1.21. The fourth-order valence-electron chi connectivity index (χ4n) is 2.71. The number of rotatable bonds is 5. The Morgan fingerprint density at radius 1 is 1.14 bits per heavy atom. The van der Waals surface area contributed by atoms with Crippen molar-refractivity contribution >= 4 is 5.95 Å². The van der Waals surface area contributed by atoms with Crippen LogP contribution in [-0.2, 0) is 6.42 Å². The fourth-order valence-corrected chi connectivity index (χ4v) is 2.71. The van der Waals surface area contributed by atoms with Crippen LogP contribution in [0.4, 0.5) is 5.95 Å². The van der Waals surface area contributed by atoms with Gasteiger partial charge in [-0.25, -0.2) is 9.97 Å². The Labute approximate surface area is 131 Å². The maximum absolute atomic E-state index is 5.98. The molecule has 0 N–H and O–H groups in total. The molecule has 0 unspecified atom stereocenters. The summed E-state index contributed by atoms with van der Waals surface area (Å²) in [5, 5.41) is 0. The molecule has 2 aromatic heterocycles. The molecule has 2 aromatic rings. The number of aromatic nitrogens is 3. The Balaban J connectivity index is 1.53. The Hall–Kier alpha value is -2.17. The lowest BCUT2D eigenvalue weighted by Gasteiger charge is -2.32. The number of nitrogens with zero attached hydrogens (tertiary/aromatic N) is 4. The van der Waals surface area contributed by atoms with E-state index in [9.17, 15) is 0 Å². The standard InChI is InChI=1S/C17H22N4O/c1-2-3-14-12-19-17(20-13-14)21-10-6-16(7-11-21)22-15-4-8-18-9-5-15/h4-5,8-9,12-13,16H,2-3,6-7,10-11H2,1H3. The highest BCUT2D eigenvalue weighted by Crippen LogP contribution is 2.20. The summed E-state index contributed by atoms with van der Waals surface area (Å²) >= 11 is 0. The van der Waals surface area contributed by atoms with Gasteiger partial charge in [0.05, 0.1) is 0 Å². The summed E-state index contributed by atoms with van der Waals surface area (Å²) in [4.78, 5) is 15.2. The van der Waals surface area contributed by atoms with Crippen LogP contribution in [0.5, 0.6) is 5.75 Å². The Kier molecular flexibility index (Phi) is 4.83. The predicted molar refractivity (Wildman–Crippen MR) is 86.1 cm³/mol. The molecule has 116 valence electrons. The molecule has 22 heavy (non-hydrogen) atoms. The van der Waals surface area contributed by atoms with Gasteiger partial charge in [-0.2, -0.15) is 0 Å². The van der Waals surface area contributed by atoms with E-state index < -0.39 is 0 Å². The van der Waals surface area contributed by atoms with Crippen molar-refractivity contribution in [2.75, 3.05) is 18.0 Å². The van der Waals surface area contributed by atoms with Gasteiger partial charge in [-0.15, -0.1) is 0 Å². The number of anilines is 1. The van der Waals surface area contributed by atoms with Crippen molar-refractivity contribution in [1.82, 2.24) is 15.0 Å². The molecule has 0 saturated carbocycles. The average molecular weight is 298 g/mol. The van der Waals surface area contributed by atoms with Gasteiger partial charge in [0.25, 0.3) is 0 Å². The molecule has 0 amide bonds. The molecule has 5 heteroatoms. The fraction of sp³-hybridized carbons (Fsp3) is 0.471. The molecule has 1 saturated heterocycles. The van der Waals surface area contributed by atoms with Gasteiger partial charge < -0.3 is 9.64 Å². The molecule has 3 rings (SSSR count). The minimum atomic E-state index is 0.262. The minimum Gasteiger partial charge on any atom is -0.490 e. The molecule has 3 heterocycles. The number of hydrogen-bond acceptors (Lipinski definition) is 5. The molecule has 1 fully saturated rings. The first kappa shape index (κ1) is 14.8. The third-order valence-electron chi connectivity index (χ3n) is 3.91. The van der Waals surface area contributed by atoms with Gasteiger partial charge in [-0.1, -0.05) is 13.3 Å². The van der Waals surface area contributed by atoms with Crippen LogP contribution in [0.2, 0.25) is 0 Å². The van der Waals surface area contributed by atoms with E-state index >= 15 is 0 Å². The molecule has 0 aromatic carbocycles. The largest absolute Gasteiger partial charge is 0.490 e. The maximum atomic E-state index is 5.98. The molecule has 0 spiro atoms. The summed E-state index contributed by atoms with van der Waals surface area (Å²) in [6, 6.07) is 3.81. The number of pyridine rings is 1. The van der Waals surface area contributed by atoms with E-state index in [0.717, 1.165) is 50.5 Å². The van der Waals surface area contributed by atoms with Crippen molar-refractivity contribution in [2.24, 2.45) is 0 Å². The van der Waals surface area contributed by atoms with Gasteiger partial charge in [-0.05, 0) is 24.1 Å². The van der Waals surface area contributed by atoms with Gasteiger partial charge in [-0.3, -0.25) is 4.98 Å². The maximum Gasteiger partial charge on any atom is 0.225 e. The molecule has 0 aliphatic carbocycles. The van der Waals surface area contributed by atoms with E-state index in [0.29, 0.717) is 0 Å². The van der Waals surface area contributed by atoms with Crippen LogP contribution < -0.4 is 9.64 Å². The smallest absolute Gasteiger partial charge is 0.225 e. The highest BCUT2D eigenvalue weighted by atomic mass is 16.5. The van der Waals surface area contributed by atoms with Crippen LogP contribution in [0.1, 0.15) is 31.7 Å². The second-order valence-corrected chi connectivity index (χ2v) is 5.63. The second-order valence-electron chi connectivity index (χ2n) is 5.63. The highest BCUT2D eigenvalue weighted by molar-refractivity contribution is 5.30. The normalized spacial score (nSPS) is 15.8. The van der Waals surface area contributed by atoms with Crippen LogP contribution in [0.25, 0.3) is 0 Å². The van der Waals surface area contributed by atoms with Crippen molar-refractivity contribution in [1.29, 1.82) is 0 Å². The number of piperidine rings is 1. The monoisotopic (exact) mass is 298 g/mol. The topological polar surface area (TPSA) is 51.1 Å². The lowest BCUT2D eigenvalue weighted by molar-refractivity contribution is 0.170. The van der Waals surface area contributed by atoms with E-state index in [2.05, 4.69) is 26.8 Å². The summed E-state index contributed by atoms with van der Waals surface area (Å²) in [6.07, 6.45) is 11.8. The number of ether oxygens (including phenoxy) is 1. The minimum absolute atomic E-state index is 0.262. The number of hydrogen-bond donors (Lipinski definition) is 0. The Morgan fingerprint density at radius 3 is 2.45 bits per heavy atom.